The van der Waals surface area contributed by atoms with E-state index >= 15 is 0 Å². The van der Waals surface area contributed by atoms with Crippen molar-refractivity contribution in [2.24, 2.45) is 0 Å². The molecule has 24 heavy (non-hydrogen) atoms. The second-order valence-corrected chi connectivity index (χ2v) is 6.00. The van der Waals surface area contributed by atoms with Crippen molar-refractivity contribution >= 4 is 5.91 Å². The number of pyridine rings is 1. The third-order valence-electron chi connectivity index (χ3n) is 4.09. The van der Waals surface area contributed by atoms with E-state index in [-0.39, 0.29) is 12.5 Å². The maximum absolute atomic E-state index is 12.4. The summed E-state index contributed by atoms with van der Waals surface area (Å²) in [7, 11) is 0. The first-order valence-electron chi connectivity index (χ1n) is 8.12. The summed E-state index contributed by atoms with van der Waals surface area (Å²) in [4.78, 5) is 16.6. The SMILES string of the molecule is CCC(C)(CCO)NC(=O)c1ccnc(OCc2ccccc2)c1. The zero-order valence-corrected chi connectivity index (χ0v) is 14.2. The Labute approximate surface area is 142 Å². The molecule has 2 N–H and O–H groups in total. The van der Waals surface area contributed by atoms with Crippen molar-refractivity contribution in [3.8, 4) is 5.88 Å². The molecule has 2 rings (SSSR count). The molecule has 0 saturated heterocycles. The van der Waals surface area contributed by atoms with Crippen LogP contribution in [-0.2, 0) is 6.61 Å². The van der Waals surface area contributed by atoms with Crippen molar-refractivity contribution in [2.75, 3.05) is 6.61 Å². The molecule has 0 saturated carbocycles. The Morgan fingerprint density at radius 2 is 2.04 bits per heavy atom. The maximum Gasteiger partial charge on any atom is 0.251 e. The van der Waals surface area contributed by atoms with Gasteiger partial charge in [-0.1, -0.05) is 37.3 Å². The minimum Gasteiger partial charge on any atom is -0.473 e. The van der Waals surface area contributed by atoms with E-state index < -0.39 is 5.54 Å². The van der Waals surface area contributed by atoms with Crippen LogP contribution in [0.15, 0.2) is 48.7 Å². The van der Waals surface area contributed by atoms with Gasteiger partial charge in [-0.05, 0) is 31.4 Å². The fourth-order valence-corrected chi connectivity index (χ4v) is 2.28. The maximum atomic E-state index is 12.4. The van der Waals surface area contributed by atoms with Gasteiger partial charge in [-0.15, -0.1) is 0 Å². The molecule has 2 aromatic rings. The number of carbonyl (C=O) groups is 1. The van der Waals surface area contributed by atoms with E-state index in [9.17, 15) is 4.79 Å². The molecule has 1 amide bonds. The highest BCUT2D eigenvalue weighted by Crippen LogP contribution is 2.17. The second-order valence-electron chi connectivity index (χ2n) is 6.00. The standard InChI is InChI=1S/C19H24N2O3/c1-3-19(2,10-12-22)21-18(23)16-9-11-20-17(13-16)24-14-15-7-5-4-6-8-15/h4-9,11,13,22H,3,10,12,14H2,1-2H3,(H,21,23). The molecule has 5 heteroatoms. The number of benzene rings is 1. The molecule has 1 heterocycles. The van der Waals surface area contributed by atoms with Gasteiger partial charge in [0.25, 0.3) is 5.91 Å². The minimum absolute atomic E-state index is 0.0341. The number of carbonyl (C=O) groups excluding carboxylic acids is 1. The van der Waals surface area contributed by atoms with Crippen LogP contribution in [0.4, 0.5) is 0 Å². The Morgan fingerprint density at radius 1 is 1.29 bits per heavy atom. The van der Waals surface area contributed by atoms with Crippen LogP contribution in [0, 0.1) is 0 Å². The summed E-state index contributed by atoms with van der Waals surface area (Å²) < 4.78 is 5.66. The van der Waals surface area contributed by atoms with E-state index in [1.165, 1.54) is 0 Å². The molecule has 0 fully saturated rings. The van der Waals surface area contributed by atoms with Gasteiger partial charge in [0.05, 0.1) is 0 Å². The number of ether oxygens (including phenoxy) is 1. The van der Waals surface area contributed by atoms with Crippen molar-refractivity contribution < 1.29 is 14.6 Å². The van der Waals surface area contributed by atoms with Crippen LogP contribution in [-0.4, -0.2) is 28.1 Å². The van der Waals surface area contributed by atoms with Gasteiger partial charge in [-0.25, -0.2) is 4.98 Å². The summed E-state index contributed by atoms with van der Waals surface area (Å²) in [6.45, 7) is 4.34. The zero-order chi connectivity index (χ0) is 17.4. The van der Waals surface area contributed by atoms with Crippen molar-refractivity contribution in [3.05, 3.63) is 59.8 Å². The highest BCUT2D eigenvalue weighted by Gasteiger charge is 2.24. The van der Waals surface area contributed by atoms with E-state index in [4.69, 9.17) is 9.84 Å². The Kier molecular flexibility index (Phi) is 6.32. The number of rotatable bonds is 8. The molecule has 128 valence electrons. The Bertz CT molecular complexity index is 661. The predicted molar refractivity (Wildman–Crippen MR) is 92.9 cm³/mol. The fourth-order valence-electron chi connectivity index (χ4n) is 2.28. The lowest BCUT2D eigenvalue weighted by Crippen LogP contribution is -2.46. The van der Waals surface area contributed by atoms with E-state index in [1.807, 2.05) is 44.2 Å². The third-order valence-corrected chi connectivity index (χ3v) is 4.09. The largest absolute Gasteiger partial charge is 0.473 e. The van der Waals surface area contributed by atoms with Crippen LogP contribution in [0.5, 0.6) is 5.88 Å². The average molecular weight is 328 g/mol. The van der Waals surface area contributed by atoms with Crippen molar-refractivity contribution in [2.45, 2.75) is 38.8 Å². The van der Waals surface area contributed by atoms with Crippen molar-refractivity contribution in [3.63, 3.8) is 0 Å². The van der Waals surface area contributed by atoms with Gasteiger partial charge < -0.3 is 15.2 Å². The summed E-state index contributed by atoms with van der Waals surface area (Å²) in [6.07, 6.45) is 2.81. The third kappa shape index (κ3) is 5.06. The topological polar surface area (TPSA) is 71.5 Å². The first kappa shape index (κ1) is 17.9. The van der Waals surface area contributed by atoms with Crippen LogP contribution in [0.3, 0.4) is 0 Å². The van der Waals surface area contributed by atoms with Gasteiger partial charge in [-0.2, -0.15) is 0 Å². The zero-order valence-electron chi connectivity index (χ0n) is 14.2. The molecular weight excluding hydrogens is 304 g/mol. The molecule has 0 spiro atoms. The molecule has 0 aliphatic carbocycles. The molecular formula is C19H24N2O3. The number of nitrogens with zero attached hydrogens (tertiary/aromatic N) is 1. The average Bonchev–Trinajstić information content (AvgIpc) is 2.61. The molecule has 5 nitrogen and oxygen atoms in total. The summed E-state index contributed by atoms with van der Waals surface area (Å²) in [6, 6.07) is 13.1. The Hall–Kier alpha value is -2.40. The quantitative estimate of drug-likeness (QED) is 0.781. The van der Waals surface area contributed by atoms with Gasteiger partial charge >= 0.3 is 0 Å². The number of nitrogens with one attached hydrogen (secondary N) is 1. The summed E-state index contributed by atoms with van der Waals surface area (Å²) in [5.74, 6) is 0.214. The molecule has 1 aromatic heterocycles. The van der Waals surface area contributed by atoms with Crippen LogP contribution in [0.2, 0.25) is 0 Å². The number of aliphatic hydroxyl groups is 1. The van der Waals surface area contributed by atoms with Gasteiger partial charge in [0.2, 0.25) is 5.88 Å². The number of aromatic nitrogens is 1. The predicted octanol–water partition coefficient (Wildman–Crippen LogP) is 2.94. The number of aliphatic hydroxyl groups excluding tert-OH is 1. The van der Waals surface area contributed by atoms with E-state index in [2.05, 4.69) is 10.3 Å². The molecule has 0 bridgehead atoms. The van der Waals surface area contributed by atoms with Gasteiger partial charge in [-0.3, -0.25) is 4.79 Å². The molecule has 1 aromatic carbocycles. The van der Waals surface area contributed by atoms with Crippen molar-refractivity contribution in [1.82, 2.24) is 10.3 Å². The monoisotopic (exact) mass is 328 g/mol. The smallest absolute Gasteiger partial charge is 0.251 e. The number of hydrogen-bond donors (Lipinski definition) is 2. The first-order valence-corrected chi connectivity index (χ1v) is 8.12. The van der Waals surface area contributed by atoms with Crippen molar-refractivity contribution in [1.29, 1.82) is 0 Å². The van der Waals surface area contributed by atoms with Crippen LogP contribution >= 0.6 is 0 Å². The molecule has 1 unspecified atom stereocenters. The van der Waals surface area contributed by atoms with E-state index in [0.717, 1.165) is 12.0 Å². The molecule has 1 atom stereocenters. The Balaban J connectivity index is 2.02. The fraction of sp³-hybridized carbons (Fsp3) is 0.368. The second kappa shape index (κ2) is 8.45. The lowest BCUT2D eigenvalue weighted by molar-refractivity contribution is 0.0885. The van der Waals surface area contributed by atoms with E-state index in [0.29, 0.717) is 24.5 Å². The van der Waals surface area contributed by atoms with Gasteiger partial charge in [0.1, 0.15) is 6.61 Å². The minimum atomic E-state index is -0.430. The molecule has 0 aliphatic rings. The van der Waals surface area contributed by atoms with E-state index in [1.54, 1.807) is 18.3 Å². The lowest BCUT2D eigenvalue weighted by Gasteiger charge is -2.29. The summed E-state index contributed by atoms with van der Waals surface area (Å²) in [5.41, 5.74) is 1.10. The van der Waals surface area contributed by atoms with Gasteiger partial charge in [0.15, 0.2) is 0 Å². The van der Waals surface area contributed by atoms with Gasteiger partial charge in [0, 0.05) is 30.0 Å². The number of amides is 1. The highest BCUT2D eigenvalue weighted by atomic mass is 16.5. The lowest BCUT2D eigenvalue weighted by atomic mass is 9.94. The molecule has 0 aliphatic heterocycles. The van der Waals surface area contributed by atoms with Crippen LogP contribution < -0.4 is 10.1 Å². The molecule has 0 radical (unpaired) electrons. The normalized spacial score (nSPS) is 13.1. The first-order chi connectivity index (χ1) is 11.6. The van der Waals surface area contributed by atoms with Crippen LogP contribution in [0.1, 0.15) is 42.6 Å². The van der Waals surface area contributed by atoms with Crippen LogP contribution in [0.25, 0.3) is 0 Å². The Morgan fingerprint density at radius 3 is 2.71 bits per heavy atom. The summed E-state index contributed by atoms with van der Waals surface area (Å²) >= 11 is 0. The highest BCUT2D eigenvalue weighted by molar-refractivity contribution is 5.94. The summed E-state index contributed by atoms with van der Waals surface area (Å²) in [5, 5.41) is 12.1. The number of hydrogen-bond acceptors (Lipinski definition) is 4.